The maximum Gasteiger partial charge on any atom is 0.109 e. The second-order valence-electron chi connectivity index (χ2n) is 1.03. The molecule has 0 aromatic heterocycles. The molecule has 2 heteroatoms. The number of thioether (sulfide) groups is 1. The number of terminal acetylenes is 2. The Morgan fingerprint density at radius 2 is 2.25 bits per heavy atom. The van der Waals surface area contributed by atoms with Crippen molar-refractivity contribution in [2.24, 2.45) is 0 Å². The molecule has 0 aliphatic heterocycles. The standard InChI is InChI=1S/C6H6S2/c1-3-5-8-6(7)4-2/h1-2,6-7H,5H2. The molecule has 0 radical (unpaired) electrons. The third kappa shape index (κ3) is 3.99. The van der Waals surface area contributed by atoms with Crippen LogP contribution in [-0.2, 0) is 0 Å². The van der Waals surface area contributed by atoms with Gasteiger partial charge in [0.2, 0.25) is 0 Å². The van der Waals surface area contributed by atoms with Gasteiger partial charge >= 0.3 is 0 Å². The van der Waals surface area contributed by atoms with Crippen molar-refractivity contribution >= 4 is 24.4 Å². The summed E-state index contributed by atoms with van der Waals surface area (Å²) in [5.41, 5.74) is 0. The van der Waals surface area contributed by atoms with Gasteiger partial charge in [-0.25, -0.2) is 0 Å². The molecule has 0 N–H and O–H groups in total. The van der Waals surface area contributed by atoms with Gasteiger partial charge in [0.25, 0.3) is 0 Å². The van der Waals surface area contributed by atoms with Crippen LogP contribution in [0.3, 0.4) is 0 Å². The molecular formula is C6H6S2. The van der Waals surface area contributed by atoms with Gasteiger partial charge in [-0.15, -0.1) is 24.6 Å². The van der Waals surface area contributed by atoms with Crippen LogP contribution in [0.5, 0.6) is 0 Å². The minimum atomic E-state index is -0.0500. The molecule has 42 valence electrons. The van der Waals surface area contributed by atoms with Crippen LogP contribution in [0.25, 0.3) is 0 Å². The lowest BCUT2D eigenvalue weighted by molar-refractivity contribution is 1.78. The molecule has 1 unspecified atom stereocenters. The lowest BCUT2D eigenvalue weighted by Crippen LogP contribution is -1.85. The summed E-state index contributed by atoms with van der Waals surface area (Å²) in [6.07, 6.45) is 9.96. The predicted octanol–water partition coefficient (Wildman–Crippen LogP) is 1.24. The maximum absolute atomic E-state index is 5.00. The second kappa shape index (κ2) is 4.97. The van der Waals surface area contributed by atoms with Gasteiger partial charge in [-0.1, -0.05) is 11.8 Å². The molecule has 0 saturated carbocycles. The number of hydrogen-bond donors (Lipinski definition) is 1. The number of thiol groups is 1. The van der Waals surface area contributed by atoms with Crippen LogP contribution in [-0.4, -0.2) is 10.3 Å². The Bertz CT molecular complexity index is 126. The van der Waals surface area contributed by atoms with Gasteiger partial charge in [0.05, 0.1) is 5.75 Å². The van der Waals surface area contributed by atoms with Crippen molar-refractivity contribution in [1.82, 2.24) is 0 Å². The van der Waals surface area contributed by atoms with Crippen LogP contribution in [0.15, 0.2) is 0 Å². The molecule has 1 atom stereocenters. The van der Waals surface area contributed by atoms with Crippen molar-refractivity contribution in [1.29, 1.82) is 0 Å². The normalized spacial score (nSPS) is 11.4. The molecule has 0 aliphatic carbocycles. The summed E-state index contributed by atoms with van der Waals surface area (Å²) in [4.78, 5) is 0. The van der Waals surface area contributed by atoms with Crippen LogP contribution in [0.4, 0.5) is 0 Å². The molecule has 0 saturated heterocycles. The molecule has 0 rings (SSSR count). The van der Waals surface area contributed by atoms with Gasteiger partial charge < -0.3 is 0 Å². The highest BCUT2D eigenvalue weighted by molar-refractivity contribution is 8.10. The fourth-order valence-corrected chi connectivity index (χ4v) is 0.749. The van der Waals surface area contributed by atoms with Crippen LogP contribution >= 0.6 is 24.4 Å². The van der Waals surface area contributed by atoms with Crippen LogP contribution in [0, 0.1) is 24.7 Å². The van der Waals surface area contributed by atoms with Crippen LogP contribution in [0.2, 0.25) is 0 Å². The second-order valence-corrected chi connectivity index (χ2v) is 2.99. The van der Waals surface area contributed by atoms with E-state index in [0.717, 1.165) is 0 Å². The molecule has 0 spiro atoms. The van der Waals surface area contributed by atoms with Gasteiger partial charge in [0.1, 0.15) is 4.58 Å². The molecule has 0 fully saturated rings. The van der Waals surface area contributed by atoms with Gasteiger partial charge in [-0.05, 0) is 0 Å². The van der Waals surface area contributed by atoms with E-state index in [-0.39, 0.29) is 4.58 Å². The minimum absolute atomic E-state index is 0.0500. The molecule has 0 nitrogen and oxygen atoms in total. The summed E-state index contributed by atoms with van der Waals surface area (Å²) in [5, 5.41) is 0. The highest BCUT2D eigenvalue weighted by Gasteiger charge is 1.92. The first kappa shape index (κ1) is 7.82. The van der Waals surface area contributed by atoms with Gasteiger partial charge in [0.15, 0.2) is 0 Å². The maximum atomic E-state index is 5.00. The van der Waals surface area contributed by atoms with E-state index < -0.39 is 0 Å². The van der Waals surface area contributed by atoms with Crippen molar-refractivity contribution in [2.75, 3.05) is 5.75 Å². The van der Waals surface area contributed by atoms with E-state index in [0.29, 0.717) is 5.75 Å². The number of rotatable bonds is 2. The largest absolute Gasteiger partial charge is 0.152 e. The lowest BCUT2D eigenvalue weighted by atomic mass is 10.8. The Labute approximate surface area is 59.8 Å². The van der Waals surface area contributed by atoms with Crippen LogP contribution in [0.1, 0.15) is 0 Å². The van der Waals surface area contributed by atoms with E-state index in [2.05, 4.69) is 24.5 Å². The zero-order valence-corrected chi connectivity index (χ0v) is 6.01. The van der Waals surface area contributed by atoms with Crippen LogP contribution < -0.4 is 0 Å². The van der Waals surface area contributed by atoms with Gasteiger partial charge in [-0.2, -0.15) is 12.6 Å². The van der Waals surface area contributed by atoms with E-state index in [4.69, 9.17) is 12.8 Å². The van der Waals surface area contributed by atoms with Crippen molar-refractivity contribution in [3.05, 3.63) is 0 Å². The minimum Gasteiger partial charge on any atom is -0.152 e. The summed E-state index contributed by atoms with van der Waals surface area (Å²) in [5.74, 6) is 5.52. The van der Waals surface area contributed by atoms with E-state index in [1.165, 1.54) is 11.8 Å². The topological polar surface area (TPSA) is 0 Å². The van der Waals surface area contributed by atoms with Crippen molar-refractivity contribution in [3.8, 4) is 24.7 Å². The van der Waals surface area contributed by atoms with E-state index in [1.807, 2.05) is 0 Å². The van der Waals surface area contributed by atoms with E-state index >= 15 is 0 Å². The van der Waals surface area contributed by atoms with Crippen molar-refractivity contribution in [2.45, 2.75) is 4.58 Å². The fourth-order valence-electron chi connectivity index (χ4n) is 0.175. The predicted molar refractivity (Wildman–Crippen MR) is 42.9 cm³/mol. The highest BCUT2D eigenvalue weighted by atomic mass is 32.2. The number of hydrogen-bond acceptors (Lipinski definition) is 2. The molecule has 0 aromatic carbocycles. The summed E-state index contributed by atoms with van der Waals surface area (Å²) in [6, 6.07) is 0. The van der Waals surface area contributed by atoms with Gasteiger partial charge in [-0.3, -0.25) is 0 Å². The lowest BCUT2D eigenvalue weighted by Gasteiger charge is -1.94. The van der Waals surface area contributed by atoms with E-state index in [1.54, 1.807) is 0 Å². The summed E-state index contributed by atoms with van der Waals surface area (Å²) in [6.45, 7) is 0. The Morgan fingerprint density at radius 1 is 1.62 bits per heavy atom. The fraction of sp³-hybridized carbons (Fsp3) is 0.333. The third-order valence-corrected chi connectivity index (χ3v) is 1.85. The first-order valence-corrected chi connectivity index (χ1v) is 3.57. The molecule has 0 aliphatic rings. The zero-order valence-electron chi connectivity index (χ0n) is 4.29. The molecule has 0 heterocycles. The van der Waals surface area contributed by atoms with Gasteiger partial charge in [0, 0.05) is 0 Å². The molecule has 0 bridgehead atoms. The summed E-state index contributed by atoms with van der Waals surface area (Å²) < 4.78 is -0.0500. The Balaban J connectivity index is 3.18. The van der Waals surface area contributed by atoms with Crippen molar-refractivity contribution < 1.29 is 0 Å². The molecule has 8 heavy (non-hydrogen) atoms. The summed E-state index contributed by atoms with van der Waals surface area (Å²) in [7, 11) is 0. The first-order valence-electron chi connectivity index (χ1n) is 2.00. The highest BCUT2D eigenvalue weighted by Crippen LogP contribution is 2.11. The molecular weight excluding hydrogens is 136 g/mol. The monoisotopic (exact) mass is 142 g/mol. The molecule has 0 amide bonds. The first-order chi connectivity index (χ1) is 3.81. The summed E-state index contributed by atoms with van der Waals surface area (Å²) >= 11 is 5.46. The average molecular weight is 142 g/mol. The zero-order chi connectivity index (χ0) is 6.41. The quantitative estimate of drug-likeness (QED) is 0.344. The van der Waals surface area contributed by atoms with E-state index in [9.17, 15) is 0 Å². The Kier molecular flexibility index (Phi) is 4.85. The third-order valence-electron chi connectivity index (χ3n) is 0.467. The smallest absolute Gasteiger partial charge is 0.109 e. The SMILES string of the molecule is C#CCSC(S)C#C. The van der Waals surface area contributed by atoms with Crippen molar-refractivity contribution in [3.63, 3.8) is 0 Å². The Hall–Kier alpha value is -0.180. The Morgan fingerprint density at radius 3 is 2.62 bits per heavy atom. The molecule has 0 aromatic rings. The average Bonchev–Trinajstić information content (AvgIpc) is 1.83.